The van der Waals surface area contributed by atoms with Crippen LogP contribution in [0.1, 0.15) is 30.9 Å². The van der Waals surface area contributed by atoms with E-state index in [1.807, 2.05) is 6.07 Å². The molecule has 126 valence electrons. The van der Waals surface area contributed by atoms with E-state index in [0.717, 1.165) is 36.9 Å². The Balaban J connectivity index is 1.85. The second kappa shape index (κ2) is 7.49. The molecule has 1 atom stereocenters. The second-order valence-corrected chi connectivity index (χ2v) is 7.49. The standard InChI is InChI=1S/C20H23BrN2O/c1-16(24)22-20(18-8-10-19(21)11-9-18)12-5-13-23(15-20)14-17-6-3-2-4-7-17/h2-4,6-11H,5,12-15H2,1H3,(H,22,24). The molecular weight excluding hydrogens is 364 g/mol. The molecule has 0 aromatic heterocycles. The Hall–Kier alpha value is -1.65. The van der Waals surface area contributed by atoms with Crippen LogP contribution in [0, 0.1) is 0 Å². The summed E-state index contributed by atoms with van der Waals surface area (Å²) in [6.45, 7) is 4.42. The molecule has 3 rings (SSSR count). The first kappa shape index (κ1) is 17.2. The summed E-state index contributed by atoms with van der Waals surface area (Å²) >= 11 is 3.50. The van der Waals surface area contributed by atoms with Gasteiger partial charge in [-0.05, 0) is 42.6 Å². The summed E-state index contributed by atoms with van der Waals surface area (Å²) in [6, 6.07) is 18.9. The number of hydrogen-bond donors (Lipinski definition) is 1. The molecule has 0 saturated carbocycles. The van der Waals surface area contributed by atoms with Crippen molar-refractivity contribution in [1.82, 2.24) is 10.2 Å². The zero-order chi connectivity index (χ0) is 17.0. The van der Waals surface area contributed by atoms with Crippen LogP contribution in [0.25, 0.3) is 0 Å². The number of carbonyl (C=O) groups excluding carboxylic acids is 1. The summed E-state index contributed by atoms with van der Waals surface area (Å²) in [7, 11) is 0. The smallest absolute Gasteiger partial charge is 0.217 e. The van der Waals surface area contributed by atoms with E-state index in [1.165, 1.54) is 11.1 Å². The van der Waals surface area contributed by atoms with Crippen LogP contribution in [0.5, 0.6) is 0 Å². The number of piperidine rings is 1. The maximum absolute atomic E-state index is 11.9. The molecule has 1 aliphatic rings. The van der Waals surface area contributed by atoms with Crippen molar-refractivity contribution in [2.75, 3.05) is 13.1 Å². The van der Waals surface area contributed by atoms with Crippen molar-refractivity contribution >= 4 is 21.8 Å². The molecule has 24 heavy (non-hydrogen) atoms. The van der Waals surface area contributed by atoms with E-state index in [1.54, 1.807) is 6.92 Å². The molecule has 0 spiro atoms. The van der Waals surface area contributed by atoms with Gasteiger partial charge in [0.2, 0.25) is 5.91 Å². The zero-order valence-corrected chi connectivity index (χ0v) is 15.6. The van der Waals surface area contributed by atoms with Gasteiger partial charge in [0, 0.05) is 24.5 Å². The molecule has 0 bridgehead atoms. The summed E-state index contributed by atoms with van der Waals surface area (Å²) in [5, 5.41) is 3.25. The third-order valence-electron chi connectivity index (χ3n) is 4.63. The SMILES string of the molecule is CC(=O)NC1(c2ccc(Br)cc2)CCCN(Cc2ccccc2)C1. The number of amides is 1. The number of benzene rings is 2. The van der Waals surface area contributed by atoms with E-state index in [9.17, 15) is 4.79 Å². The topological polar surface area (TPSA) is 32.3 Å². The van der Waals surface area contributed by atoms with Crippen molar-refractivity contribution in [3.8, 4) is 0 Å². The molecule has 1 heterocycles. The number of likely N-dealkylation sites (tertiary alicyclic amines) is 1. The molecule has 1 aliphatic heterocycles. The fraction of sp³-hybridized carbons (Fsp3) is 0.350. The number of rotatable bonds is 4. The average molecular weight is 387 g/mol. The molecule has 2 aromatic carbocycles. The van der Waals surface area contributed by atoms with Crippen molar-refractivity contribution in [2.45, 2.75) is 31.8 Å². The third kappa shape index (κ3) is 4.05. The van der Waals surface area contributed by atoms with Gasteiger partial charge in [0.15, 0.2) is 0 Å². The number of hydrogen-bond acceptors (Lipinski definition) is 2. The minimum Gasteiger partial charge on any atom is -0.346 e. The van der Waals surface area contributed by atoms with E-state index in [-0.39, 0.29) is 11.4 Å². The van der Waals surface area contributed by atoms with Crippen molar-refractivity contribution in [3.63, 3.8) is 0 Å². The fourth-order valence-electron chi connectivity index (χ4n) is 3.64. The quantitative estimate of drug-likeness (QED) is 0.858. The van der Waals surface area contributed by atoms with Gasteiger partial charge in [-0.15, -0.1) is 0 Å². The average Bonchev–Trinajstić information content (AvgIpc) is 2.56. The summed E-state index contributed by atoms with van der Waals surface area (Å²) in [5.74, 6) is 0.0273. The van der Waals surface area contributed by atoms with Gasteiger partial charge >= 0.3 is 0 Å². The lowest BCUT2D eigenvalue weighted by Crippen LogP contribution is -2.55. The van der Waals surface area contributed by atoms with Crippen molar-refractivity contribution < 1.29 is 4.79 Å². The Labute approximate surface area is 152 Å². The summed E-state index contributed by atoms with van der Waals surface area (Å²) in [4.78, 5) is 14.3. The molecule has 1 fully saturated rings. The van der Waals surface area contributed by atoms with Crippen LogP contribution in [0.4, 0.5) is 0 Å². The molecule has 1 N–H and O–H groups in total. The van der Waals surface area contributed by atoms with E-state index in [0.29, 0.717) is 0 Å². The Morgan fingerprint density at radius 3 is 2.54 bits per heavy atom. The highest BCUT2D eigenvalue weighted by atomic mass is 79.9. The minimum atomic E-state index is -0.306. The highest BCUT2D eigenvalue weighted by Gasteiger charge is 2.37. The lowest BCUT2D eigenvalue weighted by Gasteiger charge is -2.44. The Bertz CT molecular complexity index is 687. The van der Waals surface area contributed by atoms with Gasteiger partial charge in [-0.3, -0.25) is 9.69 Å². The summed E-state index contributed by atoms with van der Waals surface area (Å²) in [6.07, 6.45) is 2.04. The highest BCUT2D eigenvalue weighted by molar-refractivity contribution is 9.10. The Morgan fingerprint density at radius 2 is 1.88 bits per heavy atom. The number of halogens is 1. The number of carbonyl (C=O) groups is 1. The highest BCUT2D eigenvalue weighted by Crippen LogP contribution is 2.33. The minimum absolute atomic E-state index is 0.0273. The first-order valence-electron chi connectivity index (χ1n) is 8.38. The van der Waals surface area contributed by atoms with Crippen LogP contribution in [-0.4, -0.2) is 23.9 Å². The van der Waals surface area contributed by atoms with Gasteiger partial charge in [0.25, 0.3) is 0 Å². The van der Waals surface area contributed by atoms with E-state index < -0.39 is 0 Å². The van der Waals surface area contributed by atoms with Crippen molar-refractivity contribution in [3.05, 3.63) is 70.2 Å². The second-order valence-electron chi connectivity index (χ2n) is 6.57. The largest absolute Gasteiger partial charge is 0.346 e. The molecule has 1 amide bonds. The van der Waals surface area contributed by atoms with E-state index >= 15 is 0 Å². The lowest BCUT2D eigenvalue weighted by molar-refractivity contribution is -0.121. The summed E-state index contributed by atoms with van der Waals surface area (Å²) in [5.41, 5.74) is 2.19. The molecule has 0 aliphatic carbocycles. The van der Waals surface area contributed by atoms with Crippen LogP contribution in [0.15, 0.2) is 59.1 Å². The Kier molecular flexibility index (Phi) is 5.36. The van der Waals surface area contributed by atoms with Crippen LogP contribution in [-0.2, 0) is 16.9 Å². The first-order valence-corrected chi connectivity index (χ1v) is 9.18. The molecule has 2 aromatic rings. The number of nitrogens with zero attached hydrogens (tertiary/aromatic N) is 1. The number of nitrogens with one attached hydrogen (secondary N) is 1. The van der Waals surface area contributed by atoms with Crippen molar-refractivity contribution in [2.24, 2.45) is 0 Å². The molecule has 0 radical (unpaired) electrons. The van der Waals surface area contributed by atoms with Gasteiger partial charge < -0.3 is 5.32 Å². The van der Waals surface area contributed by atoms with E-state index in [4.69, 9.17) is 0 Å². The first-order chi connectivity index (χ1) is 11.6. The van der Waals surface area contributed by atoms with Gasteiger partial charge in [-0.1, -0.05) is 58.4 Å². The normalized spacial score (nSPS) is 21.4. The molecular formula is C20H23BrN2O. The van der Waals surface area contributed by atoms with Gasteiger partial charge in [0.1, 0.15) is 0 Å². The van der Waals surface area contributed by atoms with Crippen LogP contribution in [0.3, 0.4) is 0 Å². The van der Waals surface area contributed by atoms with Crippen LogP contribution >= 0.6 is 15.9 Å². The Morgan fingerprint density at radius 1 is 1.17 bits per heavy atom. The maximum Gasteiger partial charge on any atom is 0.217 e. The molecule has 3 nitrogen and oxygen atoms in total. The molecule has 1 unspecified atom stereocenters. The van der Waals surface area contributed by atoms with Gasteiger partial charge in [-0.25, -0.2) is 0 Å². The maximum atomic E-state index is 11.9. The zero-order valence-electron chi connectivity index (χ0n) is 14.0. The fourth-order valence-corrected chi connectivity index (χ4v) is 3.90. The van der Waals surface area contributed by atoms with E-state index in [2.05, 4.69) is 74.7 Å². The monoisotopic (exact) mass is 386 g/mol. The molecule has 1 saturated heterocycles. The summed E-state index contributed by atoms with van der Waals surface area (Å²) < 4.78 is 1.06. The predicted molar refractivity (Wildman–Crippen MR) is 101 cm³/mol. The van der Waals surface area contributed by atoms with Crippen LogP contribution < -0.4 is 5.32 Å². The van der Waals surface area contributed by atoms with Crippen molar-refractivity contribution in [1.29, 1.82) is 0 Å². The lowest BCUT2D eigenvalue weighted by atomic mass is 9.82. The molecule has 4 heteroatoms. The van der Waals surface area contributed by atoms with Gasteiger partial charge in [-0.2, -0.15) is 0 Å². The third-order valence-corrected chi connectivity index (χ3v) is 5.16. The predicted octanol–water partition coefficient (Wildman–Crippen LogP) is 4.08. The van der Waals surface area contributed by atoms with Gasteiger partial charge in [0.05, 0.1) is 5.54 Å². The van der Waals surface area contributed by atoms with Crippen LogP contribution in [0.2, 0.25) is 0 Å².